The average molecular weight is 341 g/mol. The number of aryl methyl sites for hydroxylation is 1. The van der Waals surface area contributed by atoms with Crippen LogP contribution in [0.3, 0.4) is 0 Å². The molecule has 1 saturated carbocycles. The molecule has 2 aliphatic rings. The highest BCUT2D eigenvalue weighted by atomic mass is 16.5. The molecule has 2 atom stereocenters. The SMILES string of the molecule is COc1cccn2c(C(=O)N3CC4(C)CC3CC(C)(C)C4)c(C)nc12. The van der Waals surface area contributed by atoms with E-state index in [-0.39, 0.29) is 11.3 Å². The molecule has 1 saturated heterocycles. The maximum absolute atomic E-state index is 13.5. The quantitative estimate of drug-likeness (QED) is 0.837. The molecule has 0 spiro atoms. The topological polar surface area (TPSA) is 46.8 Å². The first-order valence-corrected chi connectivity index (χ1v) is 9.06. The van der Waals surface area contributed by atoms with Gasteiger partial charge in [-0.25, -0.2) is 4.98 Å². The number of methoxy groups -OCH3 is 1. The number of amides is 1. The van der Waals surface area contributed by atoms with E-state index >= 15 is 0 Å². The molecule has 5 nitrogen and oxygen atoms in total. The molecular weight excluding hydrogens is 314 g/mol. The maximum atomic E-state index is 13.5. The fourth-order valence-corrected chi connectivity index (χ4v) is 5.41. The van der Waals surface area contributed by atoms with E-state index in [0.717, 1.165) is 25.1 Å². The predicted octanol–water partition coefficient (Wildman–Crippen LogP) is 3.69. The van der Waals surface area contributed by atoms with Gasteiger partial charge in [0.05, 0.1) is 12.8 Å². The number of fused-ring (bicyclic) bond motifs is 3. The van der Waals surface area contributed by atoms with Crippen molar-refractivity contribution in [3.8, 4) is 5.75 Å². The largest absolute Gasteiger partial charge is 0.493 e. The molecule has 4 rings (SSSR count). The summed E-state index contributed by atoms with van der Waals surface area (Å²) in [4.78, 5) is 20.2. The number of aromatic nitrogens is 2. The number of carbonyl (C=O) groups excluding carboxylic acids is 1. The number of carbonyl (C=O) groups is 1. The van der Waals surface area contributed by atoms with Crippen molar-refractivity contribution < 1.29 is 9.53 Å². The van der Waals surface area contributed by atoms with Gasteiger partial charge in [0.15, 0.2) is 11.4 Å². The van der Waals surface area contributed by atoms with Gasteiger partial charge in [-0.3, -0.25) is 9.20 Å². The number of nitrogens with zero attached hydrogens (tertiary/aromatic N) is 3. The maximum Gasteiger partial charge on any atom is 0.273 e. The lowest BCUT2D eigenvalue weighted by atomic mass is 9.65. The van der Waals surface area contributed by atoms with Crippen molar-refractivity contribution >= 4 is 11.6 Å². The van der Waals surface area contributed by atoms with Crippen molar-refractivity contribution in [3.05, 3.63) is 29.7 Å². The highest BCUT2D eigenvalue weighted by molar-refractivity contribution is 5.95. The number of hydrogen-bond donors (Lipinski definition) is 0. The van der Waals surface area contributed by atoms with Crippen LogP contribution in [0.4, 0.5) is 0 Å². The van der Waals surface area contributed by atoms with E-state index in [1.165, 1.54) is 6.42 Å². The van der Waals surface area contributed by atoms with Crippen LogP contribution in [0.15, 0.2) is 18.3 Å². The third-order valence-corrected chi connectivity index (χ3v) is 5.89. The normalized spacial score (nSPS) is 27.7. The van der Waals surface area contributed by atoms with Crippen LogP contribution in [0.25, 0.3) is 5.65 Å². The zero-order chi connectivity index (χ0) is 18.0. The molecule has 5 heteroatoms. The van der Waals surface area contributed by atoms with Crippen molar-refractivity contribution in [2.75, 3.05) is 13.7 Å². The minimum atomic E-state index is 0.102. The molecule has 2 aromatic heterocycles. The molecule has 2 aromatic rings. The zero-order valence-electron chi connectivity index (χ0n) is 15.8. The lowest BCUT2D eigenvalue weighted by Gasteiger charge is -2.39. The zero-order valence-corrected chi connectivity index (χ0v) is 15.8. The highest BCUT2D eigenvalue weighted by Gasteiger charge is 2.51. The predicted molar refractivity (Wildman–Crippen MR) is 97.0 cm³/mol. The van der Waals surface area contributed by atoms with Crippen LogP contribution in [0.2, 0.25) is 0 Å². The monoisotopic (exact) mass is 341 g/mol. The summed E-state index contributed by atoms with van der Waals surface area (Å²) in [6.45, 7) is 9.74. The Morgan fingerprint density at radius 3 is 2.80 bits per heavy atom. The summed E-state index contributed by atoms with van der Waals surface area (Å²) >= 11 is 0. The van der Waals surface area contributed by atoms with E-state index in [4.69, 9.17) is 4.74 Å². The number of hydrogen-bond acceptors (Lipinski definition) is 3. The summed E-state index contributed by atoms with van der Waals surface area (Å²) in [6.07, 6.45) is 5.27. The van der Waals surface area contributed by atoms with Gasteiger partial charge in [-0.2, -0.15) is 0 Å². The summed E-state index contributed by atoms with van der Waals surface area (Å²) < 4.78 is 7.29. The number of imidazole rings is 1. The highest BCUT2D eigenvalue weighted by Crippen LogP contribution is 2.52. The third-order valence-electron chi connectivity index (χ3n) is 5.89. The van der Waals surface area contributed by atoms with Gasteiger partial charge in [0, 0.05) is 18.8 Å². The first-order chi connectivity index (χ1) is 11.7. The Balaban J connectivity index is 1.75. The van der Waals surface area contributed by atoms with Crippen LogP contribution in [-0.4, -0.2) is 39.9 Å². The molecule has 2 bridgehead atoms. The van der Waals surface area contributed by atoms with Crippen molar-refractivity contribution in [2.24, 2.45) is 10.8 Å². The Morgan fingerprint density at radius 1 is 1.32 bits per heavy atom. The summed E-state index contributed by atoms with van der Waals surface area (Å²) in [7, 11) is 1.63. The van der Waals surface area contributed by atoms with Gasteiger partial charge in [0.1, 0.15) is 5.69 Å². The summed E-state index contributed by atoms with van der Waals surface area (Å²) in [6, 6.07) is 4.11. The second-order valence-corrected chi connectivity index (χ2v) is 8.96. The Bertz CT molecular complexity index is 854. The van der Waals surface area contributed by atoms with Gasteiger partial charge in [0.2, 0.25) is 0 Å². The molecule has 0 N–H and O–H groups in total. The van der Waals surface area contributed by atoms with E-state index in [0.29, 0.717) is 28.5 Å². The van der Waals surface area contributed by atoms with Gasteiger partial charge in [0.25, 0.3) is 5.91 Å². The smallest absolute Gasteiger partial charge is 0.273 e. The molecule has 2 unspecified atom stereocenters. The van der Waals surface area contributed by atoms with E-state index in [9.17, 15) is 4.79 Å². The molecule has 134 valence electrons. The van der Waals surface area contributed by atoms with Gasteiger partial charge in [-0.1, -0.05) is 20.8 Å². The molecule has 0 aromatic carbocycles. The van der Waals surface area contributed by atoms with Crippen molar-refractivity contribution in [2.45, 2.75) is 53.0 Å². The van der Waals surface area contributed by atoms with Crippen LogP contribution in [0.1, 0.15) is 56.2 Å². The standard InChI is InChI=1S/C20H27N3O2/c1-13-16(22-8-6-7-15(25-5)17(22)21-13)18(24)23-12-20(4)10-14(23)9-19(2,3)11-20/h6-8,14H,9-12H2,1-5H3. The van der Waals surface area contributed by atoms with Crippen LogP contribution >= 0.6 is 0 Å². The van der Waals surface area contributed by atoms with Crippen LogP contribution in [-0.2, 0) is 0 Å². The minimum absolute atomic E-state index is 0.102. The second-order valence-electron chi connectivity index (χ2n) is 8.96. The van der Waals surface area contributed by atoms with E-state index in [2.05, 4.69) is 30.7 Å². The number of rotatable bonds is 2. The minimum Gasteiger partial charge on any atom is -0.493 e. The number of pyridine rings is 1. The molecule has 1 aliphatic carbocycles. The van der Waals surface area contributed by atoms with Crippen LogP contribution in [0.5, 0.6) is 5.75 Å². The van der Waals surface area contributed by atoms with E-state index < -0.39 is 0 Å². The van der Waals surface area contributed by atoms with E-state index in [1.54, 1.807) is 7.11 Å². The lowest BCUT2D eigenvalue weighted by Crippen LogP contribution is -2.38. The molecule has 2 fully saturated rings. The molecule has 1 amide bonds. The Morgan fingerprint density at radius 2 is 2.08 bits per heavy atom. The lowest BCUT2D eigenvalue weighted by molar-refractivity contribution is 0.0700. The summed E-state index contributed by atoms with van der Waals surface area (Å²) in [5.74, 6) is 0.794. The third kappa shape index (κ3) is 2.52. The fourth-order valence-electron chi connectivity index (χ4n) is 5.41. The van der Waals surface area contributed by atoms with Crippen molar-refractivity contribution in [1.29, 1.82) is 0 Å². The fraction of sp³-hybridized carbons (Fsp3) is 0.600. The Hall–Kier alpha value is -2.04. The number of likely N-dealkylation sites (tertiary alicyclic amines) is 1. The van der Waals surface area contributed by atoms with Gasteiger partial charge in [-0.15, -0.1) is 0 Å². The molecule has 3 heterocycles. The Labute approximate surface area is 149 Å². The molecule has 25 heavy (non-hydrogen) atoms. The molecule has 1 aliphatic heterocycles. The van der Waals surface area contributed by atoms with Crippen molar-refractivity contribution in [3.63, 3.8) is 0 Å². The summed E-state index contributed by atoms with van der Waals surface area (Å²) in [5.41, 5.74) is 2.67. The first-order valence-electron chi connectivity index (χ1n) is 9.06. The van der Waals surface area contributed by atoms with Crippen LogP contribution in [0, 0.1) is 17.8 Å². The number of ether oxygens (including phenoxy) is 1. The van der Waals surface area contributed by atoms with Crippen molar-refractivity contribution in [1.82, 2.24) is 14.3 Å². The molecule has 0 radical (unpaired) electrons. The van der Waals surface area contributed by atoms with Gasteiger partial charge in [-0.05, 0) is 49.1 Å². The molecular formula is C20H27N3O2. The second kappa shape index (κ2) is 5.23. The average Bonchev–Trinajstić information content (AvgIpc) is 2.98. The van der Waals surface area contributed by atoms with Gasteiger partial charge < -0.3 is 9.64 Å². The Kier molecular flexibility index (Phi) is 3.44. The first kappa shape index (κ1) is 16.4. The summed E-state index contributed by atoms with van der Waals surface area (Å²) in [5, 5.41) is 0. The van der Waals surface area contributed by atoms with E-state index in [1.807, 2.05) is 29.7 Å². The van der Waals surface area contributed by atoms with Crippen LogP contribution < -0.4 is 4.74 Å². The van der Waals surface area contributed by atoms with Gasteiger partial charge >= 0.3 is 0 Å².